The Bertz CT molecular complexity index is 3610. The van der Waals surface area contributed by atoms with Crippen molar-refractivity contribution >= 4 is 60.5 Å². The Morgan fingerprint density at radius 3 is 1.41 bits per heavy atom. The molecule has 1 aromatic heterocycles. The summed E-state index contributed by atoms with van der Waals surface area (Å²) in [5, 5.41) is 7.07. The first kappa shape index (κ1) is 36.9. The van der Waals surface area contributed by atoms with Gasteiger partial charge in [0.25, 0.3) is 0 Å². The number of rotatable bonds is 5. The van der Waals surface area contributed by atoms with E-state index in [1.54, 1.807) is 0 Å². The molecule has 0 aliphatic heterocycles. The predicted molar refractivity (Wildman–Crippen MR) is 269 cm³/mol. The second-order valence-corrected chi connectivity index (χ2v) is 18.8. The smallest absolute Gasteiger partial charge is 0.143 e. The van der Waals surface area contributed by atoms with Gasteiger partial charge < -0.3 is 9.32 Å². The summed E-state index contributed by atoms with van der Waals surface area (Å²) in [5.41, 5.74) is 20.3. The van der Waals surface area contributed by atoms with Crippen LogP contribution in [0.1, 0.15) is 49.9 Å². The summed E-state index contributed by atoms with van der Waals surface area (Å²) in [5.74, 6) is 0. The molecule has 0 atom stereocenters. The van der Waals surface area contributed by atoms with Crippen LogP contribution in [0.4, 0.5) is 17.1 Å². The molecule has 0 saturated heterocycles. The van der Waals surface area contributed by atoms with E-state index < -0.39 is 0 Å². The lowest BCUT2D eigenvalue weighted by Gasteiger charge is -2.30. The average molecular weight is 820 g/mol. The van der Waals surface area contributed by atoms with Gasteiger partial charge >= 0.3 is 0 Å². The minimum absolute atomic E-state index is 0.128. The minimum atomic E-state index is -0.128. The Morgan fingerprint density at radius 2 is 0.797 bits per heavy atom. The van der Waals surface area contributed by atoms with Crippen molar-refractivity contribution in [1.29, 1.82) is 0 Å². The fourth-order valence-corrected chi connectivity index (χ4v) is 11.4. The fourth-order valence-electron chi connectivity index (χ4n) is 11.4. The molecule has 304 valence electrons. The number of benzene rings is 10. The summed E-state index contributed by atoms with van der Waals surface area (Å²) >= 11 is 0. The van der Waals surface area contributed by atoms with Gasteiger partial charge in [-0.3, -0.25) is 0 Å². The first-order chi connectivity index (χ1) is 31.3. The van der Waals surface area contributed by atoms with Crippen molar-refractivity contribution in [2.24, 2.45) is 0 Å². The fraction of sp³-hybridized carbons (Fsp3) is 0.0968. The van der Waals surface area contributed by atoms with Crippen molar-refractivity contribution in [2.45, 2.75) is 38.5 Å². The van der Waals surface area contributed by atoms with E-state index in [1.807, 2.05) is 0 Å². The highest BCUT2D eigenvalue weighted by molar-refractivity contribution is 6.31. The van der Waals surface area contributed by atoms with Gasteiger partial charge in [0, 0.05) is 49.6 Å². The van der Waals surface area contributed by atoms with Crippen molar-refractivity contribution in [3.05, 3.63) is 222 Å². The lowest BCUT2D eigenvalue weighted by Crippen LogP contribution is -2.18. The van der Waals surface area contributed by atoms with E-state index in [1.165, 1.54) is 66.2 Å². The molecule has 2 heteroatoms. The van der Waals surface area contributed by atoms with Gasteiger partial charge in [-0.2, -0.15) is 0 Å². The van der Waals surface area contributed by atoms with Crippen LogP contribution < -0.4 is 4.90 Å². The van der Waals surface area contributed by atoms with Crippen molar-refractivity contribution in [3.8, 4) is 44.5 Å². The normalized spacial score (nSPS) is 14.2. The van der Waals surface area contributed by atoms with E-state index in [-0.39, 0.29) is 10.8 Å². The summed E-state index contributed by atoms with van der Waals surface area (Å²) in [6.45, 7) is 9.46. The maximum absolute atomic E-state index is 7.13. The molecule has 0 amide bonds. The largest absolute Gasteiger partial charge is 0.455 e. The van der Waals surface area contributed by atoms with Crippen LogP contribution >= 0.6 is 0 Å². The van der Waals surface area contributed by atoms with E-state index in [4.69, 9.17) is 4.42 Å². The first-order valence-corrected chi connectivity index (χ1v) is 22.5. The van der Waals surface area contributed by atoms with Gasteiger partial charge in [-0.15, -0.1) is 0 Å². The molecule has 2 nitrogen and oxygen atoms in total. The number of fused-ring (bicyclic) bond motifs is 14. The summed E-state index contributed by atoms with van der Waals surface area (Å²) in [7, 11) is 0. The number of nitrogens with zero attached hydrogens (tertiary/aromatic N) is 1. The highest BCUT2D eigenvalue weighted by atomic mass is 16.3. The Morgan fingerprint density at radius 1 is 0.312 bits per heavy atom. The van der Waals surface area contributed by atoms with Crippen LogP contribution in [-0.4, -0.2) is 0 Å². The van der Waals surface area contributed by atoms with Crippen molar-refractivity contribution < 1.29 is 4.42 Å². The molecule has 0 N–H and O–H groups in total. The number of hydrogen-bond donors (Lipinski definition) is 0. The zero-order valence-corrected chi connectivity index (χ0v) is 36.4. The lowest BCUT2D eigenvalue weighted by molar-refractivity contribution is 0.660. The van der Waals surface area contributed by atoms with Gasteiger partial charge in [0.05, 0.1) is 0 Å². The Kier molecular flexibility index (Phi) is 7.74. The van der Waals surface area contributed by atoms with Crippen LogP contribution in [0.25, 0.3) is 88.0 Å². The van der Waals surface area contributed by atoms with Crippen LogP contribution in [0.15, 0.2) is 205 Å². The van der Waals surface area contributed by atoms with Crippen LogP contribution in [0, 0.1) is 0 Å². The van der Waals surface area contributed by atoms with Crippen LogP contribution in [0.3, 0.4) is 0 Å². The van der Waals surface area contributed by atoms with Crippen molar-refractivity contribution in [1.82, 2.24) is 0 Å². The molecule has 0 fully saturated rings. The molecule has 0 saturated carbocycles. The molecular formula is C62H45NO. The van der Waals surface area contributed by atoms with E-state index in [9.17, 15) is 0 Å². The SMILES string of the molecule is CC1(C)c2ccccc2-c2ccc(N(c3ccc(-c4cc(-c5ccccc5)cc5c4oc4c6ccccc6c6ccccc6c54)cc3)c3ccc4c(c3)C(C)(C)c3ccccc3-4)cc21. The summed E-state index contributed by atoms with van der Waals surface area (Å²) < 4.78 is 7.13. The molecule has 0 unspecified atom stereocenters. The quantitative estimate of drug-likeness (QED) is 0.161. The Hall–Kier alpha value is -7.68. The Balaban J connectivity index is 1.01. The van der Waals surface area contributed by atoms with Gasteiger partial charge in [0.1, 0.15) is 11.2 Å². The third kappa shape index (κ3) is 5.20. The number of anilines is 3. The monoisotopic (exact) mass is 819 g/mol. The van der Waals surface area contributed by atoms with Crippen LogP contribution in [0.2, 0.25) is 0 Å². The summed E-state index contributed by atoms with van der Waals surface area (Å²) in [4.78, 5) is 2.46. The van der Waals surface area contributed by atoms with E-state index >= 15 is 0 Å². The average Bonchev–Trinajstić information content (AvgIpc) is 3.92. The molecule has 2 aliphatic rings. The van der Waals surface area contributed by atoms with E-state index in [2.05, 4.69) is 233 Å². The molecule has 1 heterocycles. The van der Waals surface area contributed by atoms with Gasteiger partial charge in [-0.1, -0.05) is 179 Å². The zero-order valence-electron chi connectivity index (χ0n) is 36.4. The first-order valence-electron chi connectivity index (χ1n) is 22.5. The number of furan rings is 1. The van der Waals surface area contributed by atoms with Crippen LogP contribution in [-0.2, 0) is 10.8 Å². The molecule has 0 radical (unpaired) electrons. The van der Waals surface area contributed by atoms with Gasteiger partial charge in [0.15, 0.2) is 0 Å². The molecule has 0 bridgehead atoms. The second-order valence-electron chi connectivity index (χ2n) is 18.8. The highest BCUT2D eigenvalue weighted by Crippen LogP contribution is 2.53. The summed E-state index contributed by atoms with van der Waals surface area (Å²) in [6.07, 6.45) is 0. The minimum Gasteiger partial charge on any atom is -0.455 e. The molecule has 0 spiro atoms. The van der Waals surface area contributed by atoms with Crippen LogP contribution in [0.5, 0.6) is 0 Å². The van der Waals surface area contributed by atoms with Gasteiger partial charge in [-0.05, 0) is 126 Å². The van der Waals surface area contributed by atoms with Gasteiger partial charge in [-0.25, -0.2) is 0 Å². The molecule has 64 heavy (non-hydrogen) atoms. The standard InChI is InChI=1S/C62H45NO/c1-61(2)54-24-14-12-20-46(54)48-32-30-42(36-56(48)61)63(43-31-33-49-47-21-13-15-25-55(47)62(3,4)57(49)37-43)41-28-26-39(27-29-41)52-34-40(38-16-6-5-7-17-38)35-53-58-50-22-10-8-18-44(50)45-19-9-11-23-51(45)60(58)64-59(52)53/h5-37H,1-4H3. The molecule has 13 rings (SSSR count). The highest BCUT2D eigenvalue weighted by Gasteiger charge is 2.38. The molecule has 10 aromatic carbocycles. The third-order valence-corrected chi connectivity index (χ3v) is 14.6. The summed E-state index contributed by atoms with van der Waals surface area (Å²) in [6, 6.07) is 74.0. The van der Waals surface area contributed by atoms with Crippen molar-refractivity contribution in [2.75, 3.05) is 4.90 Å². The maximum Gasteiger partial charge on any atom is 0.143 e. The van der Waals surface area contributed by atoms with Gasteiger partial charge in [0.2, 0.25) is 0 Å². The molecule has 11 aromatic rings. The Labute approximate surface area is 373 Å². The maximum atomic E-state index is 7.13. The second kappa shape index (κ2) is 13.4. The third-order valence-electron chi connectivity index (χ3n) is 14.6. The molecular weight excluding hydrogens is 775 g/mol. The van der Waals surface area contributed by atoms with Crippen molar-refractivity contribution in [3.63, 3.8) is 0 Å². The van der Waals surface area contributed by atoms with E-state index in [0.717, 1.165) is 61.1 Å². The lowest BCUT2D eigenvalue weighted by atomic mass is 9.82. The molecule has 2 aliphatic carbocycles. The number of hydrogen-bond acceptors (Lipinski definition) is 2. The predicted octanol–water partition coefficient (Wildman–Crippen LogP) is 17.3. The topological polar surface area (TPSA) is 16.4 Å². The zero-order chi connectivity index (χ0) is 42.9. The van der Waals surface area contributed by atoms with E-state index in [0.29, 0.717) is 0 Å².